The maximum atomic E-state index is 9.87. The molecule has 0 fully saturated rings. The fourth-order valence-electron chi connectivity index (χ4n) is 1.90. The molecule has 0 saturated carbocycles. The lowest BCUT2D eigenvalue weighted by Crippen LogP contribution is -2.44. The minimum atomic E-state index is -0.798. The van der Waals surface area contributed by atoms with Crippen LogP contribution in [-0.2, 0) is 11.3 Å². The summed E-state index contributed by atoms with van der Waals surface area (Å²) < 4.78 is 10.5. The predicted molar refractivity (Wildman–Crippen MR) is 113 cm³/mol. The van der Waals surface area contributed by atoms with Crippen LogP contribution in [0.5, 0.6) is 5.75 Å². The van der Waals surface area contributed by atoms with E-state index in [9.17, 15) is 5.11 Å². The van der Waals surface area contributed by atoms with Crippen molar-refractivity contribution in [3.63, 3.8) is 0 Å². The molecule has 0 saturated heterocycles. The molecule has 0 radical (unpaired) electrons. The Morgan fingerprint density at radius 2 is 1.88 bits per heavy atom. The van der Waals surface area contributed by atoms with E-state index in [0.717, 1.165) is 37.5 Å². The lowest BCUT2D eigenvalue weighted by Gasteiger charge is -2.20. The predicted octanol–water partition coefficient (Wildman–Crippen LogP) is 2.55. The molecule has 0 amide bonds. The molecule has 0 aromatic heterocycles. The first-order valence-electron chi connectivity index (χ1n) is 8.40. The number of rotatable bonds is 10. The smallest absolute Gasteiger partial charge is 0.191 e. The molecule has 0 spiro atoms. The minimum Gasteiger partial charge on any atom is -0.497 e. The number of nitrogens with one attached hydrogen (secondary N) is 2. The van der Waals surface area contributed by atoms with Crippen molar-refractivity contribution < 1.29 is 14.6 Å². The number of nitrogens with zero attached hydrogens (tertiary/aromatic N) is 1. The van der Waals surface area contributed by atoms with Gasteiger partial charge in [-0.15, -0.1) is 24.0 Å². The zero-order chi connectivity index (χ0) is 17.8. The standard InChI is InChI=1S/C18H31N3O3.HI/c1-5-24-12-6-11-19-17(21-14-18(2,3)22)20-13-15-7-9-16(23-4)10-8-15;/h7-10,22H,5-6,11-14H2,1-4H3,(H2,19,20,21);1H. The van der Waals surface area contributed by atoms with Crippen molar-refractivity contribution in [2.24, 2.45) is 4.99 Å². The Morgan fingerprint density at radius 3 is 2.44 bits per heavy atom. The Labute approximate surface area is 168 Å². The third kappa shape index (κ3) is 12.0. The normalized spacial score (nSPS) is 11.6. The number of hydrogen-bond acceptors (Lipinski definition) is 4. The second-order valence-electron chi connectivity index (χ2n) is 6.16. The van der Waals surface area contributed by atoms with Crippen molar-refractivity contribution >= 4 is 29.9 Å². The fourth-order valence-corrected chi connectivity index (χ4v) is 1.90. The van der Waals surface area contributed by atoms with E-state index >= 15 is 0 Å². The highest BCUT2D eigenvalue weighted by molar-refractivity contribution is 14.0. The van der Waals surface area contributed by atoms with Crippen LogP contribution < -0.4 is 15.4 Å². The Hall–Kier alpha value is -1.06. The fraction of sp³-hybridized carbons (Fsp3) is 0.611. The molecule has 144 valence electrons. The molecule has 0 heterocycles. The highest BCUT2D eigenvalue weighted by Crippen LogP contribution is 2.11. The van der Waals surface area contributed by atoms with Crippen LogP contribution in [0.3, 0.4) is 0 Å². The first-order chi connectivity index (χ1) is 11.4. The molecule has 0 aliphatic heterocycles. The second kappa shape index (κ2) is 13.2. The summed E-state index contributed by atoms with van der Waals surface area (Å²) >= 11 is 0. The highest BCUT2D eigenvalue weighted by Gasteiger charge is 2.12. The minimum absolute atomic E-state index is 0. The number of aliphatic imine (C=N–C) groups is 1. The van der Waals surface area contributed by atoms with Crippen molar-refractivity contribution in [1.82, 2.24) is 10.6 Å². The molecule has 3 N–H and O–H groups in total. The van der Waals surface area contributed by atoms with Gasteiger partial charge >= 0.3 is 0 Å². The molecule has 25 heavy (non-hydrogen) atoms. The van der Waals surface area contributed by atoms with Crippen molar-refractivity contribution in [2.45, 2.75) is 39.3 Å². The zero-order valence-corrected chi connectivity index (χ0v) is 18.0. The second-order valence-corrected chi connectivity index (χ2v) is 6.16. The van der Waals surface area contributed by atoms with E-state index in [-0.39, 0.29) is 24.0 Å². The molecule has 0 bridgehead atoms. The molecule has 0 aliphatic rings. The quantitative estimate of drug-likeness (QED) is 0.214. The number of ether oxygens (including phenoxy) is 2. The Kier molecular flexibility index (Phi) is 12.6. The lowest BCUT2D eigenvalue weighted by molar-refractivity contribution is 0.0846. The van der Waals surface area contributed by atoms with Crippen LogP contribution >= 0.6 is 24.0 Å². The van der Waals surface area contributed by atoms with E-state index in [4.69, 9.17) is 9.47 Å². The maximum Gasteiger partial charge on any atom is 0.191 e. The highest BCUT2D eigenvalue weighted by atomic mass is 127. The first kappa shape index (κ1) is 23.9. The van der Waals surface area contributed by atoms with Gasteiger partial charge in [0, 0.05) is 26.3 Å². The van der Waals surface area contributed by atoms with E-state index in [0.29, 0.717) is 19.0 Å². The SMILES string of the molecule is CCOCCCNC(=NCc1ccc(OC)cc1)NCC(C)(C)O.I. The molecule has 0 aliphatic carbocycles. The van der Waals surface area contributed by atoms with Crippen LogP contribution in [0.1, 0.15) is 32.8 Å². The van der Waals surface area contributed by atoms with Crippen LogP contribution in [0, 0.1) is 0 Å². The summed E-state index contributed by atoms with van der Waals surface area (Å²) in [5.41, 5.74) is 0.294. The van der Waals surface area contributed by atoms with Gasteiger partial charge in [-0.1, -0.05) is 12.1 Å². The van der Waals surface area contributed by atoms with Crippen LogP contribution in [0.2, 0.25) is 0 Å². The Morgan fingerprint density at radius 1 is 1.20 bits per heavy atom. The van der Waals surface area contributed by atoms with Crippen molar-refractivity contribution in [3.8, 4) is 5.75 Å². The van der Waals surface area contributed by atoms with Crippen molar-refractivity contribution in [1.29, 1.82) is 0 Å². The van der Waals surface area contributed by atoms with E-state index in [1.54, 1.807) is 21.0 Å². The third-order valence-corrected chi connectivity index (χ3v) is 3.23. The Bertz CT molecular complexity index is 487. The summed E-state index contributed by atoms with van der Waals surface area (Å²) in [6.45, 7) is 8.70. The Balaban J connectivity index is 0.00000576. The number of halogens is 1. The van der Waals surface area contributed by atoms with E-state index in [2.05, 4.69) is 15.6 Å². The number of hydrogen-bond donors (Lipinski definition) is 3. The van der Waals surface area contributed by atoms with Gasteiger partial charge in [0.15, 0.2) is 5.96 Å². The molecule has 6 nitrogen and oxygen atoms in total. The van der Waals surface area contributed by atoms with Crippen LogP contribution in [0.4, 0.5) is 0 Å². The molecule has 1 rings (SSSR count). The summed E-state index contributed by atoms with van der Waals surface area (Å²) in [5.74, 6) is 1.52. The van der Waals surface area contributed by atoms with Gasteiger partial charge in [-0.25, -0.2) is 4.99 Å². The number of guanidine groups is 1. The third-order valence-electron chi connectivity index (χ3n) is 3.23. The summed E-state index contributed by atoms with van der Waals surface area (Å²) in [4.78, 5) is 4.57. The number of methoxy groups -OCH3 is 1. The first-order valence-corrected chi connectivity index (χ1v) is 8.40. The van der Waals surface area contributed by atoms with Crippen LogP contribution in [-0.4, -0.2) is 50.1 Å². The molecule has 0 unspecified atom stereocenters. The molecule has 0 atom stereocenters. The summed E-state index contributed by atoms with van der Waals surface area (Å²) in [6, 6.07) is 7.82. The van der Waals surface area contributed by atoms with Gasteiger partial charge in [0.25, 0.3) is 0 Å². The average Bonchev–Trinajstić information content (AvgIpc) is 2.56. The number of aliphatic hydroxyl groups is 1. The van der Waals surface area contributed by atoms with Gasteiger partial charge in [0.2, 0.25) is 0 Å². The van der Waals surface area contributed by atoms with Gasteiger partial charge in [-0.2, -0.15) is 0 Å². The summed E-state index contributed by atoms with van der Waals surface area (Å²) in [5, 5.41) is 16.3. The monoisotopic (exact) mass is 465 g/mol. The van der Waals surface area contributed by atoms with E-state index < -0.39 is 5.60 Å². The van der Waals surface area contributed by atoms with Gasteiger partial charge in [-0.3, -0.25) is 0 Å². The molecule has 7 heteroatoms. The zero-order valence-electron chi connectivity index (χ0n) is 15.7. The van der Waals surface area contributed by atoms with Crippen molar-refractivity contribution in [2.75, 3.05) is 33.4 Å². The molecule has 1 aromatic carbocycles. The van der Waals surface area contributed by atoms with E-state index in [1.165, 1.54) is 0 Å². The molecular formula is C18H32IN3O3. The molecular weight excluding hydrogens is 433 g/mol. The van der Waals surface area contributed by atoms with E-state index in [1.807, 2.05) is 31.2 Å². The van der Waals surface area contributed by atoms with Gasteiger partial charge in [-0.05, 0) is 44.9 Å². The molecule has 1 aromatic rings. The van der Waals surface area contributed by atoms with Crippen LogP contribution in [0.25, 0.3) is 0 Å². The lowest BCUT2D eigenvalue weighted by atomic mass is 10.1. The van der Waals surface area contributed by atoms with Crippen LogP contribution in [0.15, 0.2) is 29.3 Å². The maximum absolute atomic E-state index is 9.87. The van der Waals surface area contributed by atoms with Gasteiger partial charge in [0.05, 0.1) is 19.3 Å². The number of benzene rings is 1. The largest absolute Gasteiger partial charge is 0.497 e. The van der Waals surface area contributed by atoms with Crippen molar-refractivity contribution in [3.05, 3.63) is 29.8 Å². The topological polar surface area (TPSA) is 75.1 Å². The summed E-state index contributed by atoms with van der Waals surface area (Å²) in [6.07, 6.45) is 0.902. The summed E-state index contributed by atoms with van der Waals surface area (Å²) in [7, 11) is 1.65. The average molecular weight is 465 g/mol. The van der Waals surface area contributed by atoms with Gasteiger partial charge < -0.3 is 25.2 Å². The van der Waals surface area contributed by atoms with Gasteiger partial charge in [0.1, 0.15) is 5.75 Å².